The van der Waals surface area contributed by atoms with Crippen molar-refractivity contribution in [3.8, 4) is 0 Å². The van der Waals surface area contributed by atoms with Crippen LogP contribution in [-0.4, -0.2) is 230 Å². The smallest absolute Gasteiger partial charge is 0.338 e. The SMILES string of the molecule is CO[C@@H]1[C@H](OC[C@H]2O[C@@H](OCc3ccccc3)[C@H](N3C(=O)c4ccccc4C3=O)[C@@H](OCc3ccccc3)[C@@H]2O[C@@H]2O[C@H](COCc3ccccc3)[C@@H](O[C@@H]3O[C@H](COCc4ccccc4)[C@@H](OC(C)=O)[C@H](OC(C)=O)[C@H]3N3C(=O)c4ccccc4C3=O)[C@H](OC(C)=O)[C@H]2N2C(=O)c3ccccc3C2=O)O[C@@H](C)[C@@H](OC(=O)c2ccccc2)[C@H]1OC(=O)c1ccccc1. The van der Waals surface area contributed by atoms with Gasteiger partial charge in [0.2, 0.25) is 0 Å². The summed E-state index contributed by atoms with van der Waals surface area (Å²) in [6.07, 6.45) is -29.9. The van der Waals surface area contributed by atoms with Gasteiger partial charge in [0.25, 0.3) is 35.4 Å². The van der Waals surface area contributed by atoms with Crippen LogP contribution < -0.4 is 0 Å². The highest BCUT2D eigenvalue weighted by molar-refractivity contribution is 6.23. The maximum atomic E-state index is 16.0. The zero-order valence-electron chi connectivity index (χ0n) is 70.0. The Balaban J connectivity index is 0.867. The number of ether oxygens (including phenoxy) is 17. The van der Waals surface area contributed by atoms with E-state index in [9.17, 15) is 24.0 Å². The number of hydrogen-bond acceptors (Lipinski definition) is 28. The van der Waals surface area contributed by atoms with E-state index in [2.05, 4.69) is 0 Å². The van der Waals surface area contributed by atoms with Crippen molar-refractivity contribution in [2.45, 2.75) is 177 Å². The number of nitrogens with zero attached hydrogens (tertiary/aromatic N) is 3. The zero-order valence-corrected chi connectivity index (χ0v) is 70.0. The van der Waals surface area contributed by atoms with E-state index < -0.39 is 208 Å². The third kappa shape index (κ3) is 19.1. The number of amides is 6. The molecule has 31 heteroatoms. The Hall–Kier alpha value is -12.7. The van der Waals surface area contributed by atoms with E-state index in [0.29, 0.717) is 22.3 Å². The van der Waals surface area contributed by atoms with Crippen molar-refractivity contribution < 1.29 is 133 Å². The second-order valence-corrected chi connectivity index (χ2v) is 31.4. The predicted octanol–water partition coefficient (Wildman–Crippen LogP) is 10.2. The van der Waals surface area contributed by atoms with E-state index in [1.54, 1.807) is 177 Å². The van der Waals surface area contributed by atoms with E-state index in [0.717, 1.165) is 35.5 Å². The van der Waals surface area contributed by atoms with Crippen molar-refractivity contribution >= 4 is 65.3 Å². The lowest BCUT2D eigenvalue weighted by Crippen LogP contribution is -2.72. The van der Waals surface area contributed by atoms with E-state index >= 15 is 28.8 Å². The number of carbonyl (C=O) groups excluding carboxylic acids is 11. The molecule has 0 aliphatic carbocycles. The van der Waals surface area contributed by atoms with Crippen LogP contribution in [0.2, 0.25) is 0 Å². The first-order valence-electron chi connectivity index (χ1n) is 41.8. The number of fused-ring (bicyclic) bond motifs is 3. The maximum Gasteiger partial charge on any atom is 0.338 e. The molecule has 9 aromatic rings. The maximum absolute atomic E-state index is 16.0. The van der Waals surface area contributed by atoms with Gasteiger partial charge in [-0.25, -0.2) is 9.59 Å². The Morgan fingerprint density at radius 1 is 0.289 bits per heavy atom. The molecule has 9 aromatic carbocycles. The molecule has 0 saturated carbocycles. The van der Waals surface area contributed by atoms with Gasteiger partial charge in [-0.1, -0.05) is 194 Å². The van der Waals surface area contributed by atoms with Gasteiger partial charge in [0, 0.05) is 27.9 Å². The minimum atomic E-state index is -2.23. The number of esters is 5. The van der Waals surface area contributed by atoms with Crippen LogP contribution in [0.15, 0.2) is 255 Å². The number of benzene rings is 9. The number of imide groups is 3. The number of hydrogen-bond donors (Lipinski definition) is 0. The average Bonchev–Trinajstić information content (AvgIpc) is 1.50. The molecule has 7 aliphatic rings. The summed E-state index contributed by atoms with van der Waals surface area (Å²) < 4.78 is 116. The second kappa shape index (κ2) is 40.1. The molecular weight excluding hydrogens is 1660 g/mol. The summed E-state index contributed by atoms with van der Waals surface area (Å²) in [7, 11) is 1.29. The highest BCUT2D eigenvalue weighted by atomic mass is 16.8. The third-order valence-electron chi connectivity index (χ3n) is 23.0. The molecule has 0 aromatic heterocycles. The fourth-order valence-electron chi connectivity index (χ4n) is 17.1. The molecule has 128 heavy (non-hydrogen) atoms. The first kappa shape index (κ1) is 88.7. The molecular formula is C97H91N3O28. The van der Waals surface area contributed by atoms with Gasteiger partial charge in [0.15, 0.2) is 55.7 Å². The van der Waals surface area contributed by atoms with Crippen molar-refractivity contribution in [2.24, 2.45) is 0 Å². The molecule has 0 bridgehead atoms. The lowest BCUT2D eigenvalue weighted by Gasteiger charge is -2.53. The van der Waals surface area contributed by atoms with Gasteiger partial charge in [-0.15, -0.1) is 0 Å². The van der Waals surface area contributed by atoms with Gasteiger partial charge < -0.3 is 80.5 Å². The first-order chi connectivity index (χ1) is 62.2. The summed E-state index contributed by atoms with van der Waals surface area (Å²) >= 11 is 0. The van der Waals surface area contributed by atoms with Crippen molar-refractivity contribution in [3.05, 3.63) is 322 Å². The minimum Gasteiger partial charge on any atom is -0.457 e. The Labute approximate surface area is 735 Å². The fraction of sp³-hybridized carbons (Fsp3) is 0.330. The zero-order chi connectivity index (χ0) is 89.2. The monoisotopic (exact) mass is 1750 g/mol. The minimum absolute atomic E-state index is 0.0114. The van der Waals surface area contributed by atoms with Gasteiger partial charge in [-0.3, -0.25) is 57.9 Å². The standard InChI is InChI=1S/C97H91N3O28/c1-55-77(125-92(110)63-38-20-10-21-39-63)84(126-93(111)64-40-22-11-23-41-64)85(112-5)97(118-55)117-54-73-78(81(115-50-61-34-16-8-17-35-61)74(94(122-73)116-51-62-36-18-9-19-37-62)98-86(104)65-42-24-25-43-66(65)87(98)105)127-95-76(100-90(108)69-46-28-29-47-70(69)91(100)109)83(121-58(4)103)80(72(124-95)53-114-49-60-32-14-7-15-33-60)128-96-75(99-88(106)67-44-26-27-45-68(67)89(99)107)82(120-57(3)102)79(119-56(2)101)71(123-96)52-113-48-59-30-12-6-13-31-59/h6-47,55,71-85,94-97H,48-54H2,1-5H3/t55-,71+,72+,73+,74+,75+,76+,77+,78+,79+,80+,81+,82+,83+,84+,85-,94+,95-,96-,97+/m0/s1. The van der Waals surface area contributed by atoms with Gasteiger partial charge >= 0.3 is 29.8 Å². The molecule has 20 atom stereocenters. The molecule has 7 heterocycles. The van der Waals surface area contributed by atoms with E-state index in [-0.39, 0.29) is 70.9 Å². The second-order valence-electron chi connectivity index (χ2n) is 31.4. The topological polar surface area (TPSA) is 354 Å². The summed E-state index contributed by atoms with van der Waals surface area (Å²) in [4.78, 5) is 168. The van der Waals surface area contributed by atoms with Gasteiger partial charge in [-0.05, 0) is 89.8 Å². The van der Waals surface area contributed by atoms with Crippen molar-refractivity contribution in [1.29, 1.82) is 0 Å². The third-order valence-corrected chi connectivity index (χ3v) is 23.0. The van der Waals surface area contributed by atoms with E-state index in [1.165, 1.54) is 92.0 Å². The van der Waals surface area contributed by atoms with Gasteiger partial charge in [-0.2, -0.15) is 0 Å². The van der Waals surface area contributed by atoms with Crippen LogP contribution in [0.5, 0.6) is 0 Å². The molecule has 662 valence electrons. The largest absolute Gasteiger partial charge is 0.457 e. The number of rotatable bonds is 32. The molecule has 0 radical (unpaired) electrons. The van der Waals surface area contributed by atoms with Crippen LogP contribution >= 0.6 is 0 Å². The molecule has 0 unspecified atom stereocenters. The molecule has 0 spiro atoms. The Morgan fingerprint density at radius 3 is 0.977 bits per heavy atom. The predicted molar refractivity (Wildman–Crippen MR) is 445 cm³/mol. The van der Waals surface area contributed by atoms with Crippen LogP contribution in [-0.2, 0) is 121 Å². The summed E-state index contributed by atoms with van der Waals surface area (Å²) in [6, 6.07) is 63.4. The number of methoxy groups -OCH3 is 1. The van der Waals surface area contributed by atoms with Crippen LogP contribution in [0.25, 0.3) is 0 Å². The molecule has 31 nitrogen and oxygen atoms in total. The fourth-order valence-corrected chi connectivity index (χ4v) is 17.1. The highest BCUT2D eigenvalue weighted by Crippen LogP contribution is 2.45. The molecule has 7 aliphatic heterocycles. The Morgan fingerprint density at radius 2 is 0.594 bits per heavy atom. The van der Waals surface area contributed by atoms with E-state index in [4.69, 9.17) is 80.5 Å². The Bertz CT molecular complexity index is 5400. The highest BCUT2D eigenvalue weighted by Gasteiger charge is 2.65. The van der Waals surface area contributed by atoms with Crippen LogP contribution in [0, 0.1) is 0 Å². The average molecular weight is 1750 g/mol. The summed E-state index contributed by atoms with van der Waals surface area (Å²) in [6.45, 7) is 2.00. The van der Waals surface area contributed by atoms with Crippen LogP contribution in [0.4, 0.5) is 0 Å². The van der Waals surface area contributed by atoms with Crippen molar-refractivity contribution in [2.75, 3.05) is 26.9 Å². The van der Waals surface area contributed by atoms with Crippen LogP contribution in [0.3, 0.4) is 0 Å². The molecule has 4 saturated heterocycles. The lowest BCUT2D eigenvalue weighted by molar-refractivity contribution is -0.369. The molecule has 6 amide bonds. The van der Waals surface area contributed by atoms with Crippen LogP contribution in [0.1, 0.15) is 133 Å². The summed E-state index contributed by atoms with van der Waals surface area (Å²) in [5, 5.41) is 0. The molecule has 0 N–H and O–H groups in total. The summed E-state index contributed by atoms with van der Waals surface area (Å²) in [5.41, 5.74) is 2.18. The van der Waals surface area contributed by atoms with Gasteiger partial charge in [0.1, 0.15) is 60.9 Å². The quantitative estimate of drug-likeness (QED) is 0.0215. The lowest BCUT2D eigenvalue weighted by atomic mass is 9.91. The summed E-state index contributed by atoms with van der Waals surface area (Å²) in [5.74, 6) is -10.2. The molecule has 16 rings (SSSR count). The van der Waals surface area contributed by atoms with Crippen molar-refractivity contribution in [3.63, 3.8) is 0 Å². The van der Waals surface area contributed by atoms with E-state index in [1.807, 2.05) is 0 Å². The first-order valence-corrected chi connectivity index (χ1v) is 41.8. The number of carbonyl (C=O) groups is 11. The van der Waals surface area contributed by atoms with Gasteiger partial charge in [0.05, 0.1) is 96.9 Å². The normalized spacial score (nSPS) is 27.2. The molecule has 4 fully saturated rings. The Kier molecular flexibility index (Phi) is 27.8. The van der Waals surface area contributed by atoms with Crippen molar-refractivity contribution in [1.82, 2.24) is 14.7 Å².